The lowest BCUT2D eigenvalue weighted by Gasteiger charge is -2.23. The third-order valence-electron chi connectivity index (χ3n) is 6.91. The molecule has 0 heterocycles. The fraction of sp³-hybridized carbons (Fsp3) is 0.296. The van der Waals surface area contributed by atoms with E-state index in [0.717, 1.165) is 24.0 Å². The molecule has 2 bridgehead atoms. The molecule has 0 radical (unpaired) electrons. The molecule has 3 aromatic carbocycles. The first kappa shape index (κ1) is 25.0. The van der Waals surface area contributed by atoms with Crippen molar-refractivity contribution in [2.24, 2.45) is 11.8 Å². The van der Waals surface area contributed by atoms with Gasteiger partial charge in [0.15, 0.2) is 18.1 Å². The number of hydrogen-bond acceptors (Lipinski definition) is 6. The second kappa shape index (κ2) is 10.4. The minimum atomic E-state index is -4.14. The minimum absolute atomic E-state index is 0.0711. The van der Waals surface area contributed by atoms with Crippen LogP contribution in [0.25, 0.3) is 0 Å². The van der Waals surface area contributed by atoms with Crippen LogP contribution in [0.1, 0.15) is 24.0 Å². The Morgan fingerprint density at radius 1 is 0.973 bits per heavy atom. The number of phenols is 1. The lowest BCUT2D eigenvalue weighted by molar-refractivity contribution is -0.118. The zero-order valence-electron chi connectivity index (χ0n) is 19.9. The number of anilines is 1. The molecule has 194 valence electrons. The highest BCUT2D eigenvalue weighted by Gasteiger charge is 2.41. The van der Waals surface area contributed by atoms with Gasteiger partial charge in [0.25, 0.3) is 5.91 Å². The van der Waals surface area contributed by atoms with E-state index >= 15 is 0 Å². The minimum Gasteiger partial charge on any atom is -0.504 e. The summed E-state index contributed by atoms with van der Waals surface area (Å²) in [5, 5.41) is 12.7. The molecular formula is C27H27FN2O6S. The van der Waals surface area contributed by atoms with Gasteiger partial charge in [-0.3, -0.25) is 4.79 Å². The number of benzene rings is 3. The van der Waals surface area contributed by atoms with Crippen LogP contribution in [0, 0.1) is 17.7 Å². The van der Waals surface area contributed by atoms with E-state index in [9.17, 15) is 22.7 Å². The average molecular weight is 527 g/mol. The lowest BCUT2D eigenvalue weighted by Crippen LogP contribution is -2.43. The molecule has 10 heteroatoms. The van der Waals surface area contributed by atoms with E-state index in [1.807, 2.05) is 18.2 Å². The molecule has 0 saturated heterocycles. The molecule has 1 fully saturated rings. The zero-order valence-corrected chi connectivity index (χ0v) is 20.7. The van der Waals surface area contributed by atoms with Crippen molar-refractivity contribution in [1.82, 2.24) is 4.72 Å². The van der Waals surface area contributed by atoms with Gasteiger partial charge in [0.1, 0.15) is 11.6 Å². The van der Waals surface area contributed by atoms with E-state index in [0.29, 0.717) is 24.3 Å². The summed E-state index contributed by atoms with van der Waals surface area (Å²) in [6, 6.07) is 16.8. The summed E-state index contributed by atoms with van der Waals surface area (Å²) in [6.07, 6.45) is 3.13. The normalized spacial score (nSPS) is 20.5. The molecule has 37 heavy (non-hydrogen) atoms. The van der Waals surface area contributed by atoms with Gasteiger partial charge in [0.05, 0.1) is 0 Å². The third-order valence-corrected chi connectivity index (χ3v) is 7.87. The molecule has 0 aromatic heterocycles. The molecule has 1 amide bonds. The van der Waals surface area contributed by atoms with Gasteiger partial charge in [-0.2, -0.15) is 13.1 Å². The Labute approximate surface area is 214 Å². The molecule has 0 aliphatic heterocycles. The summed E-state index contributed by atoms with van der Waals surface area (Å²) in [6.45, 7) is -0.214. The second-order valence-corrected chi connectivity index (χ2v) is 10.7. The van der Waals surface area contributed by atoms with Crippen LogP contribution in [0.3, 0.4) is 0 Å². The van der Waals surface area contributed by atoms with Crippen LogP contribution in [0.2, 0.25) is 0 Å². The van der Waals surface area contributed by atoms with Crippen LogP contribution in [0.15, 0.2) is 66.7 Å². The van der Waals surface area contributed by atoms with Crippen molar-refractivity contribution in [3.8, 4) is 17.2 Å². The van der Waals surface area contributed by atoms with Gasteiger partial charge in [-0.25, -0.2) is 4.39 Å². The SMILES string of the molecule is O=C(COc1ccc(F)cc1)Nc1ccc2c(c1)CC1CCC(C2)C1NS(=O)(=O)Oc1ccccc1O. The van der Waals surface area contributed by atoms with Crippen molar-refractivity contribution in [2.75, 3.05) is 11.9 Å². The molecule has 3 atom stereocenters. The maximum absolute atomic E-state index is 13.0. The lowest BCUT2D eigenvalue weighted by atomic mass is 9.93. The molecule has 5 rings (SSSR count). The van der Waals surface area contributed by atoms with Crippen molar-refractivity contribution in [1.29, 1.82) is 0 Å². The van der Waals surface area contributed by atoms with Gasteiger partial charge in [-0.15, -0.1) is 0 Å². The maximum atomic E-state index is 13.0. The number of hydrogen-bond donors (Lipinski definition) is 3. The molecule has 3 aromatic rings. The van der Waals surface area contributed by atoms with Crippen molar-refractivity contribution < 1.29 is 31.6 Å². The molecule has 2 aliphatic rings. The number of amides is 1. The summed E-state index contributed by atoms with van der Waals surface area (Å²) in [5.41, 5.74) is 2.82. The highest BCUT2D eigenvalue weighted by molar-refractivity contribution is 7.85. The second-order valence-electron chi connectivity index (χ2n) is 9.43. The van der Waals surface area contributed by atoms with E-state index in [1.165, 1.54) is 36.4 Å². The Morgan fingerprint density at radius 3 is 2.41 bits per heavy atom. The standard InChI is InChI=1S/C27H27FN2O6S/c28-21-8-11-23(12-9-21)35-16-26(32)29-22-10-7-17-13-18-5-6-19(14-20(17)15-22)27(18)30-37(33,34)36-25-4-2-1-3-24(25)31/h1-4,7-12,15,18-19,27,30-31H,5-6,13-14,16H2,(H,29,32). The summed E-state index contributed by atoms with van der Waals surface area (Å²) < 4.78 is 51.8. The average Bonchev–Trinajstić information content (AvgIpc) is 3.13. The number of ether oxygens (including phenoxy) is 1. The number of rotatable bonds is 8. The van der Waals surface area contributed by atoms with E-state index in [4.69, 9.17) is 8.92 Å². The Kier molecular flexibility index (Phi) is 7.03. The zero-order chi connectivity index (χ0) is 26.0. The van der Waals surface area contributed by atoms with E-state index in [1.54, 1.807) is 12.1 Å². The van der Waals surface area contributed by atoms with Crippen molar-refractivity contribution in [2.45, 2.75) is 31.7 Å². The number of para-hydroxylation sites is 2. The fourth-order valence-electron chi connectivity index (χ4n) is 5.19. The van der Waals surface area contributed by atoms with Crippen LogP contribution >= 0.6 is 0 Å². The Bertz CT molecular complexity index is 1400. The number of phenolic OH excluding ortho intramolecular Hbond substituents is 1. The maximum Gasteiger partial charge on any atom is 0.383 e. The monoisotopic (exact) mass is 526 g/mol. The number of halogens is 1. The van der Waals surface area contributed by atoms with Crippen LogP contribution < -0.4 is 19.0 Å². The number of carbonyl (C=O) groups excluding carboxylic acids is 1. The van der Waals surface area contributed by atoms with E-state index in [-0.39, 0.29) is 47.7 Å². The van der Waals surface area contributed by atoms with Gasteiger partial charge in [-0.1, -0.05) is 18.2 Å². The van der Waals surface area contributed by atoms with Gasteiger partial charge >= 0.3 is 10.3 Å². The van der Waals surface area contributed by atoms with Gasteiger partial charge in [0.2, 0.25) is 0 Å². The predicted octanol–water partition coefficient (Wildman–Crippen LogP) is 3.96. The number of carbonyl (C=O) groups is 1. The molecule has 2 aliphatic carbocycles. The molecule has 8 nitrogen and oxygen atoms in total. The Hall–Kier alpha value is -3.63. The van der Waals surface area contributed by atoms with Crippen molar-refractivity contribution in [3.05, 3.63) is 83.7 Å². The largest absolute Gasteiger partial charge is 0.504 e. The number of fused-ring (bicyclic) bond motifs is 3. The van der Waals surface area contributed by atoms with Crippen LogP contribution in [-0.4, -0.2) is 32.1 Å². The Morgan fingerprint density at radius 2 is 1.68 bits per heavy atom. The first-order valence-corrected chi connectivity index (χ1v) is 13.5. The quantitative estimate of drug-likeness (QED) is 0.410. The Balaban J connectivity index is 1.23. The molecule has 3 unspecified atom stereocenters. The number of aromatic hydroxyl groups is 1. The molecule has 3 N–H and O–H groups in total. The highest BCUT2D eigenvalue weighted by atomic mass is 32.2. The fourth-order valence-corrected chi connectivity index (χ4v) is 6.34. The third kappa shape index (κ3) is 6.03. The van der Waals surface area contributed by atoms with Gasteiger partial charge < -0.3 is 19.3 Å². The summed E-state index contributed by atoms with van der Waals surface area (Å²) in [4.78, 5) is 12.4. The van der Waals surface area contributed by atoms with Crippen LogP contribution in [0.4, 0.5) is 10.1 Å². The van der Waals surface area contributed by atoms with Crippen LogP contribution in [-0.2, 0) is 27.9 Å². The van der Waals surface area contributed by atoms with Crippen molar-refractivity contribution in [3.63, 3.8) is 0 Å². The smallest absolute Gasteiger partial charge is 0.383 e. The highest BCUT2D eigenvalue weighted by Crippen LogP contribution is 2.41. The van der Waals surface area contributed by atoms with Crippen LogP contribution in [0.5, 0.6) is 17.2 Å². The first-order chi connectivity index (χ1) is 17.8. The molecular weight excluding hydrogens is 499 g/mol. The number of nitrogens with one attached hydrogen (secondary N) is 2. The molecule has 1 saturated carbocycles. The summed E-state index contributed by atoms with van der Waals surface area (Å²) in [7, 11) is -4.14. The molecule has 0 spiro atoms. The van der Waals surface area contributed by atoms with Gasteiger partial charge in [-0.05, 0) is 97.2 Å². The summed E-state index contributed by atoms with van der Waals surface area (Å²) >= 11 is 0. The van der Waals surface area contributed by atoms with E-state index in [2.05, 4.69) is 10.0 Å². The summed E-state index contributed by atoms with van der Waals surface area (Å²) in [5.74, 6) is -0.514. The van der Waals surface area contributed by atoms with Crippen molar-refractivity contribution >= 4 is 21.9 Å². The topological polar surface area (TPSA) is 114 Å². The van der Waals surface area contributed by atoms with E-state index < -0.39 is 10.3 Å². The van der Waals surface area contributed by atoms with Gasteiger partial charge in [0, 0.05) is 11.7 Å². The first-order valence-electron chi connectivity index (χ1n) is 12.1. The predicted molar refractivity (Wildman–Crippen MR) is 135 cm³/mol.